The van der Waals surface area contributed by atoms with Crippen LogP contribution < -0.4 is 0 Å². The molecule has 1 rings (SSSR count). The first-order valence-corrected chi connectivity index (χ1v) is 5.60. The lowest BCUT2D eigenvalue weighted by Gasteiger charge is -2.08. The SMILES string of the molecule is CC(CO)Sc1ccc(CO)c(Cl)c1. The smallest absolute Gasteiger partial charge is 0.0696 e. The average molecular weight is 233 g/mol. The lowest BCUT2D eigenvalue weighted by atomic mass is 10.2. The summed E-state index contributed by atoms with van der Waals surface area (Å²) in [6.07, 6.45) is 0. The molecule has 0 fully saturated rings. The second kappa shape index (κ2) is 5.61. The zero-order valence-electron chi connectivity index (χ0n) is 7.90. The van der Waals surface area contributed by atoms with Gasteiger partial charge >= 0.3 is 0 Å². The fraction of sp³-hybridized carbons (Fsp3) is 0.400. The second-order valence-corrected chi connectivity index (χ2v) is 4.94. The van der Waals surface area contributed by atoms with Gasteiger partial charge in [0.05, 0.1) is 13.2 Å². The maximum absolute atomic E-state index is 8.91. The highest BCUT2D eigenvalue weighted by atomic mass is 35.5. The van der Waals surface area contributed by atoms with Crippen LogP contribution in [-0.4, -0.2) is 22.1 Å². The van der Waals surface area contributed by atoms with Crippen LogP contribution in [0.15, 0.2) is 23.1 Å². The van der Waals surface area contributed by atoms with Crippen molar-refractivity contribution in [2.75, 3.05) is 6.61 Å². The summed E-state index contributed by atoms with van der Waals surface area (Å²) in [6, 6.07) is 5.51. The van der Waals surface area contributed by atoms with Crippen molar-refractivity contribution < 1.29 is 10.2 Å². The number of hydrogen-bond donors (Lipinski definition) is 2. The maximum Gasteiger partial charge on any atom is 0.0696 e. The Hall–Kier alpha value is -0.220. The first-order chi connectivity index (χ1) is 6.67. The topological polar surface area (TPSA) is 40.5 Å². The van der Waals surface area contributed by atoms with Crippen LogP contribution in [0.3, 0.4) is 0 Å². The van der Waals surface area contributed by atoms with E-state index in [4.69, 9.17) is 21.8 Å². The lowest BCUT2D eigenvalue weighted by molar-refractivity contribution is 0.282. The molecule has 0 aliphatic rings. The number of rotatable bonds is 4. The number of halogens is 1. The first-order valence-electron chi connectivity index (χ1n) is 4.34. The molecule has 14 heavy (non-hydrogen) atoms. The van der Waals surface area contributed by atoms with Gasteiger partial charge in [-0.1, -0.05) is 24.6 Å². The summed E-state index contributed by atoms with van der Waals surface area (Å²) in [4.78, 5) is 1.01. The highest BCUT2D eigenvalue weighted by Crippen LogP contribution is 2.27. The Labute approximate surface area is 92.9 Å². The molecule has 4 heteroatoms. The van der Waals surface area contributed by atoms with Crippen LogP contribution in [0.2, 0.25) is 5.02 Å². The van der Waals surface area contributed by atoms with Crippen LogP contribution >= 0.6 is 23.4 Å². The van der Waals surface area contributed by atoms with Crippen molar-refractivity contribution >= 4 is 23.4 Å². The van der Waals surface area contributed by atoms with Crippen LogP contribution in [0, 0.1) is 0 Å². The molecule has 2 nitrogen and oxygen atoms in total. The van der Waals surface area contributed by atoms with Gasteiger partial charge < -0.3 is 10.2 Å². The maximum atomic E-state index is 8.91. The molecule has 0 aliphatic carbocycles. The first kappa shape index (κ1) is 11.9. The summed E-state index contributed by atoms with van der Waals surface area (Å²) < 4.78 is 0. The number of benzene rings is 1. The van der Waals surface area contributed by atoms with Crippen molar-refractivity contribution in [2.45, 2.75) is 23.7 Å². The van der Waals surface area contributed by atoms with Crippen molar-refractivity contribution in [3.8, 4) is 0 Å². The minimum atomic E-state index is -0.0423. The van der Waals surface area contributed by atoms with Crippen LogP contribution in [0.25, 0.3) is 0 Å². The standard InChI is InChI=1S/C10H13ClO2S/c1-7(5-12)14-9-3-2-8(6-13)10(11)4-9/h2-4,7,12-13H,5-6H2,1H3. The Morgan fingerprint density at radius 2 is 2.14 bits per heavy atom. The molecule has 0 aromatic heterocycles. The van der Waals surface area contributed by atoms with E-state index < -0.39 is 0 Å². The number of hydrogen-bond acceptors (Lipinski definition) is 3. The molecule has 2 N–H and O–H groups in total. The third-order valence-corrected chi connectivity index (χ3v) is 3.22. The highest BCUT2D eigenvalue weighted by Gasteiger charge is 2.05. The fourth-order valence-corrected chi connectivity index (χ4v) is 2.18. The molecule has 0 saturated heterocycles. The molecule has 0 bridgehead atoms. The Kier molecular flexibility index (Phi) is 4.75. The molecular weight excluding hydrogens is 220 g/mol. The van der Waals surface area contributed by atoms with Gasteiger partial charge in [0.2, 0.25) is 0 Å². The quantitative estimate of drug-likeness (QED) is 0.783. The largest absolute Gasteiger partial charge is 0.395 e. The van der Waals surface area contributed by atoms with Crippen LogP contribution in [0.1, 0.15) is 12.5 Å². The Morgan fingerprint density at radius 3 is 2.64 bits per heavy atom. The van der Waals surface area contributed by atoms with Crippen LogP contribution in [-0.2, 0) is 6.61 Å². The minimum Gasteiger partial charge on any atom is -0.395 e. The normalized spacial score (nSPS) is 12.9. The predicted octanol–water partition coefficient (Wildman–Crippen LogP) is 2.31. The van der Waals surface area contributed by atoms with Crippen molar-refractivity contribution in [2.24, 2.45) is 0 Å². The van der Waals surface area contributed by atoms with E-state index in [2.05, 4.69) is 0 Å². The molecule has 1 aromatic carbocycles. The number of thioether (sulfide) groups is 1. The summed E-state index contributed by atoms with van der Waals surface area (Å²) in [5.74, 6) is 0. The van der Waals surface area contributed by atoms with Crippen molar-refractivity contribution in [3.63, 3.8) is 0 Å². The van der Waals surface area contributed by atoms with Gasteiger partial charge in [-0.3, -0.25) is 0 Å². The molecule has 0 heterocycles. The molecule has 1 unspecified atom stereocenters. The van der Waals surface area contributed by atoms with Gasteiger partial charge in [-0.05, 0) is 17.7 Å². The van der Waals surface area contributed by atoms with E-state index in [0.717, 1.165) is 10.5 Å². The second-order valence-electron chi connectivity index (χ2n) is 3.02. The third-order valence-electron chi connectivity index (χ3n) is 1.79. The molecule has 0 radical (unpaired) electrons. The highest BCUT2D eigenvalue weighted by molar-refractivity contribution is 8.00. The zero-order chi connectivity index (χ0) is 10.6. The molecule has 0 spiro atoms. The number of aliphatic hydroxyl groups is 2. The van der Waals surface area contributed by atoms with E-state index in [9.17, 15) is 0 Å². The molecular formula is C10H13ClO2S. The van der Waals surface area contributed by atoms with E-state index in [1.54, 1.807) is 17.8 Å². The summed E-state index contributed by atoms with van der Waals surface area (Å²) in [5, 5.41) is 18.5. The van der Waals surface area contributed by atoms with Gasteiger partial charge in [-0.25, -0.2) is 0 Å². The average Bonchev–Trinajstić information content (AvgIpc) is 2.18. The lowest BCUT2D eigenvalue weighted by Crippen LogP contribution is -2.01. The van der Waals surface area contributed by atoms with E-state index >= 15 is 0 Å². The van der Waals surface area contributed by atoms with Gasteiger partial charge in [0.25, 0.3) is 0 Å². The fourth-order valence-electron chi connectivity index (χ4n) is 0.999. The monoisotopic (exact) mass is 232 g/mol. The van der Waals surface area contributed by atoms with E-state index in [1.807, 2.05) is 19.1 Å². The Bertz CT molecular complexity index is 304. The van der Waals surface area contributed by atoms with Gasteiger partial charge in [-0.2, -0.15) is 0 Å². The molecule has 0 amide bonds. The summed E-state index contributed by atoms with van der Waals surface area (Å²) in [7, 11) is 0. The molecule has 78 valence electrons. The molecule has 0 saturated carbocycles. The van der Waals surface area contributed by atoms with Crippen molar-refractivity contribution in [1.82, 2.24) is 0 Å². The van der Waals surface area contributed by atoms with Gasteiger partial charge in [0.15, 0.2) is 0 Å². The summed E-state index contributed by atoms with van der Waals surface area (Å²) >= 11 is 7.48. The van der Waals surface area contributed by atoms with Crippen molar-refractivity contribution in [1.29, 1.82) is 0 Å². The van der Waals surface area contributed by atoms with Crippen LogP contribution in [0.4, 0.5) is 0 Å². The van der Waals surface area contributed by atoms with Gasteiger partial charge in [-0.15, -0.1) is 11.8 Å². The third kappa shape index (κ3) is 3.17. The molecule has 1 atom stereocenters. The predicted molar refractivity (Wildman–Crippen MR) is 59.8 cm³/mol. The number of aliphatic hydroxyl groups excluding tert-OH is 2. The van der Waals surface area contributed by atoms with E-state index in [-0.39, 0.29) is 18.5 Å². The van der Waals surface area contributed by atoms with Crippen molar-refractivity contribution in [3.05, 3.63) is 28.8 Å². The van der Waals surface area contributed by atoms with Gasteiger partial charge in [0.1, 0.15) is 0 Å². The molecule has 0 aliphatic heterocycles. The summed E-state index contributed by atoms with van der Waals surface area (Å²) in [5.41, 5.74) is 0.729. The molecule has 1 aromatic rings. The van der Waals surface area contributed by atoms with Gasteiger partial charge in [0, 0.05) is 15.2 Å². The minimum absolute atomic E-state index is 0.0423. The zero-order valence-corrected chi connectivity index (χ0v) is 9.48. The Morgan fingerprint density at radius 1 is 1.43 bits per heavy atom. The van der Waals surface area contributed by atoms with Crippen LogP contribution in [0.5, 0.6) is 0 Å². The van der Waals surface area contributed by atoms with E-state index in [1.165, 1.54) is 0 Å². The summed E-state index contributed by atoms with van der Waals surface area (Å²) in [6.45, 7) is 2.04. The van der Waals surface area contributed by atoms with E-state index in [0.29, 0.717) is 5.02 Å². The Balaban J connectivity index is 2.76.